The molecule has 0 amide bonds. The van der Waals surface area contributed by atoms with Crippen molar-refractivity contribution < 1.29 is 4.58 Å². The average molecular weight is 645 g/mol. The van der Waals surface area contributed by atoms with E-state index in [1.165, 1.54) is 16.7 Å². The summed E-state index contributed by atoms with van der Waals surface area (Å²) in [6.45, 7) is 4.01. The molecule has 3 heterocycles. The van der Waals surface area contributed by atoms with Crippen molar-refractivity contribution in [1.29, 1.82) is 0 Å². The van der Waals surface area contributed by atoms with Crippen LogP contribution in [0.15, 0.2) is 121 Å². The Kier molecular flexibility index (Phi) is 8.33. The van der Waals surface area contributed by atoms with Crippen LogP contribution >= 0.6 is 34.2 Å². The summed E-state index contributed by atoms with van der Waals surface area (Å²) in [6.07, 6.45) is 5.72. The molecule has 0 fully saturated rings. The number of H-pyrrole nitrogens is 1. The van der Waals surface area contributed by atoms with Gasteiger partial charge in [0, 0.05) is 35.4 Å². The number of alkyl halides is 1. The highest BCUT2D eigenvalue weighted by molar-refractivity contribution is 14.1. The van der Waals surface area contributed by atoms with Crippen LogP contribution in [0.5, 0.6) is 0 Å². The predicted octanol–water partition coefficient (Wildman–Crippen LogP) is 7.69. The molecule has 0 aliphatic carbocycles. The first kappa shape index (κ1) is 27.0. The minimum absolute atomic E-state index is 0.142. The second-order valence-electron chi connectivity index (χ2n) is 9.13. The van der Waals surface area contributed by atoms with Gasteiger partial charge in [0.1, 0.15) is 17.2 Å². The molecule has 194 valence electrons. The van der Waals surface area contributed by atoms with E-state index in [0.717, 1.165) is 22.9 Å². The van der Waals surface area contributed by atoms with Crippen molar-refractivity contribution in [2.45, 2.75) is 23.4 Å². The van der Waals surface area contributed by atoms with Crippen LogP contribution in [-0.2, 0) is 5.54 Å². The SMILES string of the molecule is CC1=NC(I)C=[N+]1C(c1ccccc1)(c1ccccc1)c1ccccc1.Cc1ncc(-c2ccc(Cl)nc2)[nH]1. The van der Waals surface area contributed by atoms with E-state index in [-0.39, 0.29) is 4.05 Å². The molecule has 5 aromatic rings. The number of aromatic nitrogens is 3. The monoisotopic (exact) mass is 644 g/mol. The maximum atomic E-state index is 5.67. The lowest BCUT2D eigenvalue weighted by molar-refractivity contribution is -0.481. The lowest BCUT2D eigenvalue weighted by Gasteiger charge is -2.34. The van der Waals surface area contributed by atoms with Gasteiger partial charge >= 0.3 is 0 Å². The third kappa shape index (κ3) is 5.72. The van der Waals surface area contributed by atoms with Gasteiger partial charge in [-0.2, -0.15) is 0 Å². The highest BCUT2D eigenvalue weighted by Crippen LogP contribution is 2.41. The quantitative estimate of drug-likeness (QED) is 0.0533. The van der Waals surface area contributed by atoms with Crippen LogP contribution in [0.4, 0.5) is 0 Å². The van der Waals surface area contributed by atoms with E-state index in [4.69, 9.17) is 16.6 Å². The third-order valence-electron chi connectivity index (χ3n) is 6.61. The molecule has 0 saturated carbocycles. The van der Waals surface area contributed by atoms with Gasteiger partial charge in [0.05, 0.1) is 11.9 Å². The molecule has 0 saturated heterocycles. The average Bonchev–Trinajstić information content (AvgIpc) is 3.56. The number of amidine groups is 1. The Hall–Kier alpha value is -3.62. The standard InChI is InChI=1S/C23H20IN2.C9H8ClN3/c1-18-25-22(24)17-26(18)23(19-11-5-2-6-12-19,20-13-7-3-8-14-20)21-15-9-4-10-16-21;1-6-11-5-8(13-6)7-2-3-9(10)12-4-7/h2-17,22H,1H3;2-5H,1H3,(H,11,13)/q+1;. The van der Waals surface area contributed by atoms with Gasteiger partial charge in [-0.15, -0.1) is 0 Å². The fourth-order valence-electron chi connectivity index (χ4n) is 4.92. The molecule has 6 rings (SSSR count). The summed E-state index contributed by atoms with van der Waals surface area (Å²) in [4.78, 5) is 16.0. The van der Waals surface area contributed by atoms with Crippen molar-refractivity contribution in [1.82, 2.24) is 15.0 Å². The van der Waals surface area contributed by atoms with Gasteiger partial charge in [0.25, 0.3) is 5.84 Å². The topological polar surface area (TPSA) is 56.9 Å². The molecule has 39 heavy (non-hydrogen) atoms. The number of pyridine rings is 1. The summed E-state index contributed by atoms with van der Waals surface area (Å²) in [7, 11) is 0. The predicted molar refractivity (Wildman–Crippen MR) is 168 cm³/mol. The Morgan fingerprint density at radius 1 is 0.744 bits per heavy atom. The molecule has 2 aromatic heterocycles. The van der Waals surface area contributed by atoms with Gasteiger partial charge in [0.15, 0.2) is 5.54 Å². The highest BCUT2D eigenvalue weighted by atomic mass is 127. The van der Waals surface area contributed by atoms with Crippen LogP contribution < -0.4 is 0 Å². The minimum Gasteiger partial charge on any atom is -0.342 e. The van der Waals surface area contributed by atoms with E-state index in [9.17, 15) is 0 Å². The van der Waals surface area contributed by atoms with E-state index in [2.05, 4.69) is 146 Å². The lowest BCUT2D eigenvalue weighted by Crippen LogP contribution is -2.43. The number of rotatable bonds is 5. The molecular formula is C32H28ClIN5+. The van der Waals surface area contributed by atoms with Crippen molar-refractivity contribution in [2.75, 3.05) is 0 Å². The van der Waals surface area contributed by atoms with Gasteiger partial charge in [-0.25, -0.2) is 14.5 Å². The fraction of sp³-hybridized carbons (Fsp3) is 0.125. The highest BCUT2D eigenvalue weighted by Gasteiger charge is 2.47. The van der Waals surface area contributed by atoms with Crippen molar-refractivity contribution in [3.05, 3.63) is 143 Å². The molecule has 0 spiro atoms. The van der Waals surface area contributed by atoms with Gasteiger partial charge in [-0.3, -0.25) is 0 Å². The largest absolute Gasteiger partial charge is 0.342 e. The molecule has 1 atom stereocenters. The van der Waals surface area contributed by atoms with E-state index < -0.39 is 5.54 Å². The van der Waals surface area contributed by atoms with Gasteiger partial charge in [-0.1, -0.05) is 108 Å². The Balaban J connectivity index is 0.000000198. The van der Waals surface area contributed by atoms with Gasteiger partial charge in [-0.05, 0) is 41.6 Å². The maximum absolute atomic E-state index is 5.67. The summed E-state index contributed by atoms with van der Waals surface area (Å²) < 4.78 is 2.48. The Labute approximate surface area is 247 Å². The first-order valence-corrected chi connectivity index (χ1v) is 14.2. The zero-order valence-corrected chi connectivity index (χ0v) is 24.6. The fourth-order valence-corrected chi connectivity index (χ4v) is 5.75. The van der Waals surface area contributed by atoms with Crippen LogP contribution in [0, 0.1) is 6.92 Å². The minimum atomic E-state index is -0.447. The summed E-state index contributed by atoms with van der Waals surface area (Å²) in [5.74, 6) is 1.92. The molecule has 0 radical (unpaired) electrons. The molecule has 0 bridgehead atoms. The number of nitrogens with zero attached hydrogens (tertiary/aromatic N) is 4. The molecule has 1 unspecified atom stereocenters. The zero-order valence-electron chi connectivity index (χ0n) is 21.7. The van der Waals surface area contributed by atoms with Crippen LogP contribution in [0.1, 0.15) is 29.4 Å². The Morgan fingerprint density at radius 2 is 1.28 bits per heavy atom. The number of aliphatic imine (C=N–C) groups is 1. The summed E-state index contributed by atoms with van der Waals surface area (Å²) >= 11 is 8.04. The lowest BCUT2D eigenvalue weighted by atomic mass is 9.76. The third-order valence-corrected chi connectivity index (χ3v) is 7.43. The number of hydrogen-bond donors (Lipinski definition) is 1. The second kappa shape index (κ2) is 12.1. The Morgan fingerprint density at radius 3 is 1.67 bits per heavy atom. The second-order valence-corrected chi connectivity index (χ2v) is 10.8. The first-order chi connectivity index (χ1) is 19.0. The van der Waals surface area contributed by atoms with Crippen LogP contribution in [0.3, 0.4) is 0 Å². The van der Waals surface area contributed by atoms with Crippen LogP contribution in [-0.4, -0.2) is 35.6 Å². The van der Waals surface area contributed by atoms with Crippen LogP contribution in [0.2, 0.25) is 5.15 Å². The normalized spacial score (nSPS) is 14.7. The number of halogens is 2. The summed E-state index contributed by atoms with van der Waals surface area (Å²) in [6, 6.07) is 35.8. The molecule has 1 aliphatic rings. The number of aromatic amines is 1. The van der Waals surface area contributed by atoms with E-state index >= 15 is 0 Å². The van der Waals surface area contributed by atoms with Crippen molar-refractivity contribution >= 4 is 46.2 Å². The van der Waals surface area contributed by atoms with Crippen molar-refractivity contribution in [3.8, 4) is 11.3 Å². The maximum Gasteiger partial charge on any atom is 0.292 e. The molecule has 1 aliphatic heterocycles. The van der Waals surface area contributed by atoms with Crippen molar-refractivity contribution in [3.63, 3.8) is 0 Å². The molecule has 5 nitrogen and oxygen atoms in total. The molecule has 7 heteroatoms. The number of hydrogen-bond acceptors (Lipinski definition) is 3. The van der Waals surface area contributed by atoms with E-state index in [0.29, 0.717) is 5.15 Å². The Bertz CT molecular complexity index is 1480. The van der Waals surface area contributed by atoms with Crippen LogP contribution in [0.25, 0.3) is 11.3 Å². The van der Waals surface area contributed by atoms with Crippen molar-refractivity contribution in [2.24, 2.45) is 4.99 Å². The van der Waals surface area contributed by atoms with Gasteiger partial charge < -0.3 is 4.98 Å². The number of benzene rings is 3. The number of imidazole rings is 1. The van der Waals surface area contributed by atoms with E-state index in [1.54, 1.807) is 18.5 Å². The number of nitrogens with one attached hydrogen (secondary N) is 1. The summed E-state index contributed by atoms with van der Waals surface area (Å²) in [5, 5.41) is 0.500. The molecular weight excluding hydrogens is 617 g/mol. The zero-order chi connectivity index (χ0) is 27.2. The summed E-state index contributed by atoms with van der Waals surface area (Å²) in [5.41, 5.74) is 5.19. The van der Waals surface area contributed by atoms with E-state index in [1.807, 2.05) is 13.0 Å². The first-order valence-electron chi connectivity index (χ1n) is 12.6. The number of aryl methyl sites for hydroxylation is 1. The smallest absolute Gasteiger partial charge is 0.292 e. The van der Waals surface area contributed by atoms with Gasteiger partial charge in [0.2, 0.25) is 4.05 Å². The molecule has 3 aromatic carbocycles. The molecule has 1 N–H and O–H groups in total.